The summed E-state index contributed by atoms with van der Waals surface area (Å²) in [6.07, 6.45) is 13.1. The lowest BCUT2D eigenvalue weighted by Crippen LogP contribution is -2.36. The number of hydrogen-bond acceptors (Lipinski definition) is 8. The number of aromatic nitrogens is 5. The zero-order valence-corrected chi connectivity index (χ0v) is 24.2. The van der Waals surface area contributed by atoms with Crippen LogP contribution in [0.25, 0.3) is 33.3 Å². The van der Waals surface area contributed by atoms with E-state index in [1.54, 1.807) is 24.8 Å². The molecule has 1 fully saturated rings. The largest absolute Gasteiger partial charge is 0.490 e. The number of ether oxygens (including phenoxy) is 1. The van der Waals surface area contributed by atoms with Crippen molar-refractivity contribution in [3.63, 3.8) is 0 Å². The lowest BCUT2D eigenvalue weighted by Gasteiger charge is -2.19. The summed E-state index contributed by atoms with van der Waals surface area (Å²) in [4.78, 5) is 36.1. The number of benzene rings is 1. The number of carbonyl (C=O) groups is 1. The van der Waals surface area contributed by atoms with Crippen LogP contribution in [0.2, 0.25) is 0 Å². The summed E-state index contributed by atoms with van der Waals surface area (Å²) >= 11 is 1.37. The van der Waals surface area contributed by atoms with Gasteiger partial charge in [0.25, 0.3) is 0 Å². The van der Waals surface area contributed by atoms with Gasteiger partial charge in [-0.3, -0.25) is 10.3 Å². The van der Waals surface area contributed by atoms with E-state index in [0.717, 1.165) is 71.5 Å². The number of rotatable bonds is 9. The van der Waals surface area contributed by atoms with Crippen LogP contribution in [0.5, 0.6) is 5.75 Å². The van der Waals surface area contributed by atoms with Crippen LogP contribution in [0.1, 0.15) is 63.5 Å². The molecule has 3 heterocycles. The summed E-state index contributed by atoms with van der Waals surface area (Å²) in [5.41, 5.74) is 5.19. The minimum atomic E-state index is -0.224. The maximum atomic E-state index is 12.5. The summed E-state index contributed by atoms with van der Waals surface area (Å²) in [5, 5.41) is 6.43. The minimum absolute atomic E-state index is 0.188. The highest BCUT2D eigenvalue weighted by Gasteiger charge is 2.20. The van der Waals surface area contributed by atoms with Crippen LogP contribution in [-0.4, -0.2) is 43.1 Å². The second-order valence-electron chi connectivity index (χ2n) is 10.2. The lowest BCUT2D eigenvalue weighted by molar-refractivity contribution is 0.192. The fourth-order valence-electron chi connectivity index (χ4n) is 5.11. The fourth-order valence-corrected chi connectivity index (χ4v) is 5.89. The Kier molecular flexibility index (Phi) is 8.64. The van der Waals surface area contributed by atoms with Gasteiger partial charge >= 0.3 is 6.03 Å². The van der Waals surface area contributed by atoms with Gasteiger partial charge in [0.15, 0.2) is 11.0 Å². The van der Waals surface area contributed by atoms with Crippen molar-refractivity contribution in [2.45, 2.75) is 78.4 Å². The Labute approximate surface area is 238 Å². The van der Waals surface area contributed by atoms with E-state index in [1.165, 1.54) is 11.3 Å². The molecule has 0 saturated heterocycles. The Balaban J connectivity index is 1.48. The summed E-state index contributed by atoms with van der Waals surface area (Å²) < 4.78 is 6.23. The second-order valence-corrected chi connectivity index (χ2v) is 11.2. The predicted molar refractivity (Wildman–Crippen MR) is 158 cm³/mol. The van der Waals surface area contributed by atoms with Crippen molar-refractivity contribution in [2.75, 3.05) is 5.32 Å². The molecular weight excluding hydrogens is 522 g/mol. The number of amides is 2. The molecule has 2 amide bonds. The van der Waals surface area contributed by atoms with Gasteiger partial charge < -0.3 is 10.1 Å². The van der Waals surface area contributed by atoms with Crippen molar-refractivity contribution in [2.24, 2.45) is 0 Å². The number of aryl methyl sites for hydroxylation is 2. The first-order valence-electron chi connectivity index (χ1n) is 13.9. The quantitative estimate of drug-likeness (QED) is 0.228. The molecule has 40 heavy (non-hydrogen) atoms. The molecular formula is C30H35N7O2S. The number of nitrogens with zero attached hydrogens (tertiary/aromatic N) is 5. The number of nitrogens with one attached hydrogen (secondary N) is 2. The summed E-state index contributed by atoms with van der Waals surface area (Å²) in [5.74, 6) is 1.34. The summed E-state index contributed by atoms with van der Waals surface area (Å²) in [6, 6.07) is 6.12. The predicted octanol–water partition coefficient (Wildman–Crippen LogP) is 6.97. The SMILES string of the molecule is CCC(CC)Oc1cc(C)c(-c2cc(-c3cnc(NC(=O)NC4CCCC4)s3)nc(-c3cnccn3)n2)c(C)c1. The number of thiazole rings is 1. The van der Waals surface area contributed by atoms with Crippen LogP contribution in [-0.2, 0) is 0 Å². The fraction of sp³-hybridized carbons (Fsp3) is 0.400. The maximum absolute atomic E-state index is 12.5. The molecule has 3 aromatic heterocycles. The normalized spacial score (nSPS) is 13.5. The first-order chi connectivity index (χ1) is 19.4. The van der Waals surface area contributed by atoms with Crippen LogP contribution >= 0.6 is 11.3 Å². The molecule has 0 bridgehead atoms. The van der Waals surface area contributed by atoms with Crippen LogP contribution in [0, 0.1) is 13.8 Å². The Bertz CT molecular complexity index is 1440. The van der Waals surface area contributed by atoms with Crippen LogP contribution in [0.4, 0.5) is 9.93 Å². The third-order valence-corrected chi connectivity index (χ3v) is 8.10. The smallest absolute Gasteiger partial charge is 0.321 e. The standard InChI is InChI=1S/C30H35N7O2S/c1-5-21(6-2)39-22-13-18(3)27(19(4)14-22)24-15-23(35-28(36-24)25-16-31-11-12-32-25)26-17-33-30(40-26)37-29(38)34-20-9-7-8-10-20/h11-17,20-21H,5-10H2,1-4H3,(H2,33,34,37,38). The molecule has 9 nitrogen and oxygen atoms in total. The third-order valence-electron chi connectivity index (χ3n) is 7.16. The van der Waals surface area contributed by atoms with E-state index in [1.807, 2.05) is 6.07 Å². The average molecular weight is 558 g/mol. The first-order valence-corrected chi connectivity index (χ1v) is 14.7. The number of carbonyl (C=O) groups excluding carboxylic acids is 1. The molecule has 1 aliphatic rings. The molecule has 10 heteroatoms. The number of hydrogen-bond donors (Lipinski definition) is 2. The molecule has 0 aliphatic heterocycles. The van der Waals surface area contributed by atoms with Crippen molar-refractivity contribution >= 4 is 22.5 Å². The van der Waals surface area contributed by atoms with Crippen molar-refractivity contribution in [1.82, 2.24) is 30.2 Å². The molecule has 0 spiro atoms. The van der Waals surface area contributed by atoms with Gasteiger partial charge in [-0.2, -0.15) is 0 Å². The van der Waals surface area contributed by atoms with Gasteiger partial charge in [0.2, 0.25) is 0 Å². The van der Waals surface area contributed by atoms with Crippen molar-refractivity contribution in [3.8, 4) is 39.1 Å². The second kappa shape index (κ2) is 12.5. The van der Waals surface area contributed by atoms with Crippen LogP contribution < -0.4 is 15.4 Å². The first kappa shape index (κ1) is 27.6. The van der Waals surface area contributed by atoms with Crippen LogP contribution in [0.15, 0.2) is 43.0 Å². The zero-order valence-electron chi connectivity index (χ0n) is 23.4. The highest BCUT2D eigenvalue weighted by molar-refractivity contribution is 7.19. The Morgan fingerprint density at radius 2 is 1.70 bits per heavy atom. The van der Waals surface area contributed by atoms with Crippen molar-refractivity contribution in [1.29, 1.82) is 0 Å². The molecule has 1 aromatic carbocycles. The molecule has 1 aliphatic carbocycles. The highest BCUT2D eigenvalue weighted by atomic mass is 32.1. The zero-order chi connectivity index (χ0) is 28.1. The molecule has 0 atom stereocenters. The molecule has 0 radical (unpaired) electrons. The van der Waals surface area contributed by atoms with Gasteiger partial charge in [0.1, 0.15) is 11.4 Å². The van der Waals surface area contributed by atoms with E-state index >= 15 is 0 Å². The van der Waals surface area contributed by atoms with E-state index in [9.17, 15) is 4.79 Å². The van der Waals surface area contributed by atoms with Crippen molar-refractivity contribution in [3.05, 3.63) is 54.1 Å². The topological polar surface area (TPSA) is 115 Å². The molecule has 4 aromatic rings. The number of urea groups is 1. The van der Waals surface area contributed by atoms with E-state index in [4.69, 9.17) is 14.7 Å². The van der Waals surface area contributed by atoms with Gasteiger partial charge in [-0.25, -0.2) is 24.7 Å². The van der Waals surface area contributed by atoms with E-state index < -0.39 is 0 Å². The maximum Gasteiger partial charge on any atom is 0.321 e. The molecule has 5 rings (SSSR count). The molecule has 2 N–H and O–H groups in total. The Morgan fingerprint density at radius 1 is 0.975 bits per heavy atom. The van der Waals surface area contributed by atoms with Gasteiger partial charge in [-0.05, 0) is 68.9 Å². The van der Waals surface area contributed by atoms with Gasteiger partial charge in [-0.1, -0.05) is 38.0 Å². The average Bonchev–Trinajstić information content (AvgIpc) is 3.64. The van der Waals surface area contributed by atoms with Gasteiger partial charge in [-0.15, -0.1) is 0 Å². The Hall–Kier alpha value is -3.92. The monoisotopic (exact) mass is 557 g/mol. The van der Waals surface area contributed by atoms with E-state index in [-0.39, 0.29) is 18.2 Å². The van der Waals surface area contributed by atoms with Crippen molar-refractivity contribution < 1.29 is 9.53 Å². The van der Waals surface area contributed by atoms with Gasteiger partial charge in [0, 0.05) is 30.2 Å². The number of anilines is 1. The van der Waals surface area contributed by atoms with Crippen LogP contribution in [0.3, 0.4) is 0 Å². The summed E-state index contributed by atoms with van der Waals surface area (Å²) in [7, 11) is 0. The van der Waals surface area contributed by atoms with Gasteiger partial charge in [0.05, 0.1) is 28.6 Å². The van der Waals surface area contributed by atoms with E-state index in [0.29, 0.717) is 22.3 Å². The van der Waals surface area contributed by atoms with E-state index in [2.05, 4.69) is 65.4 Å². The molecule has 1 saturated carbocycles. The molecule has 208 valence electrons. The summed E-state index contributed by atoms with van der Waals surface area (Å²) in [6.45, 7) is 8.43. The highest BCUT2D eigenvalue weighted by Crippen LogP contribution is 2.35. The lowest BCUT2D eigenvalue weighted by atomic mass is 9.98. The minimum Gasteiger partial charge on any atom is -0.490 e. The Morgan fingerprint density at radius 3 is 2.38 bits per heavy atom. The molecule has 0 unspecified atom stereocenters. The third kappa shape index (κ3) is 6.44.